The average molecular weight is 225 g/mol. The Bertz CT molecular complexity index is 507. The molecule has 2 aromatic rings. The SMILES string of the molecule is Nc1ccc([PH](O)(O)O)c2ccccc12. The van der Waals surface area contributed by atoms with Crippen molar-refractivity contribution in [1.82, 2.24) is 0 Å². The molecule has 0 saturated heterocycles. The van der Waals surface area contributed by atoms with Crippen molar-refractivity contribution in [3.63, 3.8) is 0 Å². The molecule has 0 aromatic heterocycles. The minimum atomic E-state index is -4.28. The molecule has 0 unspecified atom stereocenters. The van der Waals surface area contributed by atoms with Gasteiger partial charge in [0.2, 0.25) is 0 Å². The zero-order valence-electron chi connectivity index (χ0n) is 7.88. The maximum atomic E-state index is 9.29. The van der Waals surface area contributed by atoms with Gasteiger partial charge < -0.3 is 0 Å². The van der Waals surface area contributed by atoms with E-state index in [9.17, 15) is 14.7 Å². The molecule has 0 radical (unpaired) electrons. The van der Waals surface area contributed by atoms with Crippen LogP contribution in [-0.2, 0) is 0 Å². The van der Waals surface area contributed by atoms with E-state index < -0.39 is 7.94 Å². The van der Waals surface area contributed by atoms with Gasteiger partial charge in [0.05, 0.1) is 0 Å². The molecule has 5 heteroatoms. The van der Waals surface area contributed by atoms with Gasteiger partial charge in [0.15, 0.2) is 0 Å². The zero-order valence-corrected chi connectivity index (χ0v) is 8.88. The summed E-state index contributed by atoms with van der Waals surface area (Å²) in [7, 11) is -4.28. The molecule has 0 aliphatic rings. The van der Waals surface area contributed by atoms with Crippen molar-refractivity contribution in [2.45, 2.75) is 0 Å². The molecule has 2 aromatic carbocycles. The van der Waals surface area contributed by atoms with Crippen molar-refractivity contribution in [2.24, 2.45) is 0 Å². The number of benzene rings is 2. The van der Waals surface area contributed by atoms with E-state index in [1.807, 2.05) is 0 Å². The molecule has 0 bridgehead atoms. The molecule has 0 atom stereocenters. The fourth-order valence-electron chi connectivity index (χ4n) is 1.61. The van der Waals surface area contributed by atoms with Crippen LogP contribution >= 0.6 is 7.94 Å². The summed E-state index contributed by atoms with van der Waals surface area (Å²) >= 11 is 0. The predicted molar refractivity (Wildman–Crippen MR) is 63.0 cm³/mol. The first-order valence-corrected chi connectivity index (χ1v) is 6.29. The monoisotopic (exact) mass is 225 g/mol. The first kappa shape index (κ1) is 10.3. The summed E-state index contributed by atoms with van der Waals surface area (Å²) in [5, 5.41) is 1.45. The first-order valence-electron chi connectivity index (χ1n) is 4.45. The molecule has 0 saturated carbocycles. The van der Waals surface area contributed by atoms with Crippen molar-refractivity contribution >= 4 is 29.7 Å². The van der Waals surface area contributed by atoms with E-state index in [2.05, 4.69) is 0 Å². The Morgan fingerprint density at radius 3 is 2.07 bits per heavy atom. The van der Waals surface area contributed by atoms with E-state index in [1.165, 1.54) is 6.07 Å². The molecule has 5 N–H and O–H groups in total. The van der Waals surface area contributed by atoms with Gasteiger partial charge in [-0.25, -0.2) is 0 Å². The van der Waals surface area contributed by atoms with E-state index >= 15 is 0 Å². The Kier molecular flexibility index (Phi) is 2.37. The van der Waals surface area contributed by atoms with Crippen molar-refractivity contribution in [1.29, 1.82) is 0 Å². The number of rotatable bonds is 1. The Balaban J connectivity index is 2.84. The van der Waals surface area contributed by atoms with Crippen molar-refractivity contribution in [3.05, 3.63) is 36.4 Å². The van der Waals surface area contributed by atoms with Crippen LogP contribution in [0.2, 0.25) is 0 Å². The standard InChI is InChI=1S/C10H12NO3P/c11-9-5-6-10(15(12,13)14)8-4-2-1-3-7(8)9/h1-6,12-15H,11H2. The topological polar surface area (TPSA) is 86.7 Å². The quantitative estimate of drug-likeness (QED) is 0.421. The second kappa shape index (κ2) is 3.43. The molecule has 80 valence electrons. The number of hydrogen-bond acceptors (Lipinski definition) is 4. The van der Waals surface area contributed by atoms with Gasteiger partial charge in [-0.2, -0.15) is 0 Å². The van der Waals surface area contributed by atoms with Gasteiger partial charge in [-0.15, -0.1) is 0 Å². The van der Waals surface area contributed by atoms with Gasteiger partial charge in [-0.1, -0.05) is 0 Å². The molecule has 0 fully saturated rings. The van der Waals surface area contributed by atoms with Crippen LogP contribution in [0, 0.1) is 0 Å². The van der Waals surface area contributed by atoms with Crippen LogP contribution in [0.4, 0.5) is 5.69 Å². The van der Waals surface area contributed by atoms with E-state index in [4.69, 9.17) is 5.73 Å². The van der Waals surface area contributed by atoms with Crippen LogP contribution in [0.1, 0.15) is 0 Å². The van der Waals surface area contributed by atoms with Gasteiger partial charge in [0, 0.05) is 0 Å². The molecule has 0 aliphatic carbocycles. The van der Waals surface area contributed by atoms with Crippen LogP contribution in [0.25, 0.3) is 10.8 Å². The fourth-order valence-corrected chi connectivity index (χ4v) is 2.50. The molecule has 4 nitrogen and oxygen atoms in total. The van der Waals surface area contributed by atoms with E-state index in [0.29, 0.717) is 16.5 Å². The van der Waals surface area contributed by atoms with E-state index in [0.717, 1.165) is 0 Å². The Hall–Kier alpha value is -1.19. The number of hydrogen-bond donors (Lipinski definition) is 4. The van der Waals surface area contributed by atoms with Crippen molar-refractivity contribution in [2.75, 3.05) is 5.73 Å². The number of nitrogen functional groups attached to an aromatic ring is 1. The van der Waals surface area contributed by atoms with Gasteiger partial charge in [0.25, 0.3) is 0 Å². The Labute approximate surface area is 87.2 Å². The second-order valence-corrected chi connectivity index (χ2v) is 5.19. The summed E-state index contributed by atoms with van der Waals surface area (Å²) in [5.74, 6) is 0. The molecule has 0 heterocycles. The Morgan fingerprint density at radius 1 is 0.867 bits per heavy atom. The molecule has 0 amide bonds. The van der Waals surface area contributed by atoms with Crippen LogP contribution in [-0.4, -0.2) is 14.7 Å². The van der Waals surface area contributed by atoms with Gasteiger partial charge in [0.1, 0.15) is 0 Å². The first-order chi connectivity index (χ1) is 7.00. The summed E-state index contributed by atoms with van der Waals surface area (Å²) in [5.41, 5.74) is 6.29. The fraction of sp³-hybridized carbons (Fsp3) is 0. The Morgan fingerprint density at radius 2 is 1.47 bits per heavy atom. The molecule has 0 spiro atoms. The number of anilines is 1. The molecular weight excluding hydrogens is 213 g/mol. The van der Waals surface area contributed by atoms with E-state index in [1.54, 1.807) is 30.3 Å². The predicted octanol–water partition coefficient (Wildman–Crippen LogP) is 0.519. The van der Waals surface area contributed by atoms with E-state index in [-0.39, 0.29) is 5.30 Å². The normalized spacial score (nSPS) is 13.0. The van der Waals surface area contributed by atoms with Gasteiger partial charge >= 0.3 is 86.5 Å². The number of nitrogens with two attached hydrogens (primary N) is 1. The summed E-state index contributed by atoms with van der Waals surface area (Å²) in [6, 6.07) is 10.0. The zero-order chi connectivity index (χ0) is 11.1. The molecule has 2 rings (SSSR count). The third-order valence-corrected chi connectivity index (χ3v) is 3.48. The van der Waals surface area contributed by atoms with Crippen LogP contribution in [0.3, 0.4) is 0 Å². The summed E-state index contributed by atoms with van der Waals surface area (Å²) in [6.45, 7) is 0. The van der Waals surface area contributed by atoms with Crippen molar-refractivity contribution < 1.29 is 14.7 Å². The average Bonchev–Trinajstić information content (AvgIpc) is 2.17. The van der Waals surface area contributed by atoms with Crippen LogP contribution in [0.5, 0.6) is 0 Å². The summed E-state index contributed by atoms with van der Waals surface area (Å²) in [4.78, 5) is 27.9. The van der Waals surface area contributed by atoms with Crippen LogP contribution in [0.15, 0.2) is 36.4 Å². The third-order valence-electron chi connectivity index (χ3n) is 2.32. The molecular formula is C10H12NO3P. The molecule has 0 aliphatic heterocycles. The van der Waals surface area contributed by atoms with Gasteiger partial charge in [-0.3, -0.25) is 0 Å². The number of fused-ring (bicyclic) bond motifs is 1. The maximum absolute atomic E-state index is 9.29. The van der Waals surface area contributed by atoms with Gasteiger partial charge in [-0.05, 0) is 0 Å². The van der Waals surface area contributed by atoms with Crippen LogP contribution < -0.4 is 11.0 Å². The summed E-state index contributed by atoms with van der Waals surface area (Å²) < 4.78 is 0. The third kappa shape index (κ3) is 1.80. The van der Waals surface area contributed by atoms with Crippen molar-refractivity contribution in [3.8, 4) is 0 Å². The summed E-state index contributed by atoms with van der Waals surface area (Å²) in [6.07, 6.45) is 0. The minimum absolute atomic E-state index is 0.160. The molecule has 15 heavy (non-hydrogen) atoms. The second-order valence-electron chi connectivity index (χ2n) is 3.38.